The number of halogens is 3. The van der Waals surface area contributed by atoms with Gasteiger partial charge >= 0.3 is 6.36 Å². The lowest BCUT2D eigenvalue weighted by molar-refractivity contribution is -0.274. The van der Waals surface area contributed by atoms with Crippen molar-refractivity contribution in [3.05, 3.63) is 29.8 Å². The highest BCUT2D eigenvalue weighted by Gasteiger charge is 2.31. The van der Waals surface area contributed by atoms with E-state index in [-0.39, 0.29) is 11.3 Å². The van der Waals surface area contributed by atoms with Crippen molar-refractivity contribution in [2.45, 2.75) is 20.2 Å². The molecule has 0 heterocycles. The number of nitrogens with zero attached hydrogens (tertiary/aromatic N) is 1. The molecule has 0 N–H and O–H groups in total. The van der Waals surface area contributed by atoms with Gasteiger partial charge in [0.2, 0.25) is 0 Å². The molecule has 104 valence electrons. The van der Waals surface area contributed by atoms with Gasteiger partial charge < -0.3 is 4.74 Å². The minimum atomic E-state index is -4.70. The lowest BCUT2D eigenvalue weighted by Crippen LogP contribution is -2.22. The van der Waals surface area contributed by atoms with Crippen LogP contribution in [0.2, 0.25) is 0 Å². The minimum Gasteiger partial charge on any atom is -0.404 e. The van der Waals surface area contributed by atoms with Crippen LogP contribution >= 0.6 is 0 Å². The molecule has 0 spiro atoms. The Morgan fingerprint density at radius 3 is 2.37 bits per heavy atom. The zero-order valence-corrected chi connectivity index (χ0v) is 10.9. The fourth-order valence-corrected chi connectivity index (χ4v) is 1.48. The number of hydrogen-bond donors (Lipinski definition) is 0. The molecule has 2 nitrogen and oxygen atoms in total. The van der Waals surface area contributed by atoms with Gasteiger partial charge in [0.05, 0.1) is 12.1 Å². The minimum absolute atomic E-state index is 0.243. The highest BCUT2D eigenvalue weighted by molar-refractivity contribution is 5.46. The van der Waals surface area contributed by atoms with Crippen LogP contribution in [0.5, 0.6) is 5.75 Å². The zero-order chi connectivity index (χ0) is 14.3. The smallest absolute Gasteiger partial charge is 0.404 e. The quantitative estimate of drug-likeness (QED) is 0.779. The lowest BCUT2D eigenvalue weighted by Gasteiger charge is -2.13. The summed E-state index contributed by atoms with van der Waals surface area (Å²) in [6, 6.07) is 5.88. The molecule has 0 bridgehead atoms. The molecule has 0 saturated heterocycles. The predicted molar refractivity (Wildman–Crippen MR) is 67.8 cm³/mol. The third kappa shape index (κ3) is 5.66. The summed E-state index contributed by atoms with van der Waals surface area (Å²) in [5.74, 6) is 5.31. The summed E-state index contributed by atoms with van der Waals surface area (Å²) in [7, 11) is 0. The van der Waals surface area contributed by atoms with Crippen molar-refractivity contribution in [2.24, 2.45) is 0 Å². The first-order valence-electron chi connectivity index (χ1n) is 6.02. The fourth-order valence-electron chi connectivity index (χ4n) is 1.48. The molecule has 1 aromatic rings. The van der Waals surface area contributed by atoms with Crippen LogP contribution in [0, 0.1) is 11.8 Å². The number of rotatable bonds is 4. The third-order valence-electron chi connectivity index (χ3n) is 2.53. The first-order chi connectivity index (χ1) is 8.96. The van der Waals surface area contributed by atoms with Gasteiger partial charge in [0.15, 0.2) is 0 Å². The SMILES string of the molecule is CCN(CC)CC#Cc1ccccc1OC(F)(F)F. The standard InChI is InChI=1S/C14H16F3NO/c1-3-18(4-2)11-7-9-12-8-5-6-10-13(12)19-14(15,16)17/h5-6,8,10H,3-4,11H2,1-2H3. The summed E-state index contributed by atoms with van der Waals surface area (Å²) in [5.41, 5.74) is 0.243. The first kappa shape index (κ1) is 15.4. The van der Waals surface area contributed by atoms with Crippen LogP contribution in [-0.2, 0) is 0 Å². The summed E-state index contributed by atoms with van der Waals surface area (Å²) >= 11 is 0. The molecular weight excluding hydrogens is 255 g/mol. The molecule has 0 atom stereocenters. The van der Waals surface area contributed by atoms with E-state index in [1.165, 1.54) is 18.2 Å². The van der Waals surface area contributed by atoms with Gasteiger partial charge in [0.25, 0.3) is 0 Å². The molecule has 5 heteroatoms. The van der Waals surface area contributed by atoms with Crippen LogP contribution in [0.4, 0.5) is 13.2 Å². The van der Waals surface area contributed by atoms with E-state index in [9.17, 15) is 13.2 Å². The van der Waals surface area contributed by atoms with Gasteiger partial charge in [-0.25, -0.2) is 0 Å². The van der Waals surface area contributed by atoms with Gasteiger partial charge in [-0.05, 0) is 25.2 Å². The van der Waals surface area contributed by atoms with Crippen molar-refractivity contribution in [3.63, 3.8) is 0 Å². The van der Waals surface area contributed by atoms with E-state index in [1.807, 2.05) is 13.8 Å². The van der Waals surface area contributed by atoms with Gasteiger partial charge in [-0.1, -0.05) is 37.8 Å². The van der Waals surface area contributed by atoms with E-state index in [0.29, 0.717) is 6.54 Å². The van der Waals surface area contributed by atoms with Crippen molar-refractivity contribution < 1.29 is 17.9 Å². The van der Waals surface area contributed by atoms with E-state index < -0.39 is 6.36 Å². The second-order valence-corrected chi connectivity index (χ2v) is 3.81. The van der Waals surface area contributed by atoms with E-state index in [2.05, 4.69) is 21.5 Å². The molecule has 19 heavy (non-hydrogen) atoms. The molecule has 0 aliphatic carbocycles. The van der Waals surface area contributed by atoms with Gasteiger partial charge in [-0.2, -0.15) is 0 Å². The topological polar surface area (TPSA) is 12.5 Å². The number of para-hydroxylation sites is 1. The number of benzene rings is 1. The Balaban J connectivity index is 2.81. The maximum Gasteiger partial charge on any atom is 0.573 e. The normalized spacial score (nSPS) is 11.1. The highest BCUT2D eigenvalue weighted by Crippen LogP contribution is 2.25. The van der Waals surface area contributed by atoms with Gasteiger partial charge in [-0.3, -0.25) is 4.90 Å². The molecule has 0 fully saturated rings. The molecule has 0 amide bonds. The Bertz CT molecular complexity index is 456. The Hall–Kier alpha value is -1.67. The molecule has 0 aliphatic heterocycles. The summed E-state index contributed by atoms with van der Waals surface area (Å²) in [5, 5.41) is 0. The molecule has 1 aromatic carbocycles. The van der Waals surface area contributed by atoms with E-state index in [0.717, 1.165) is 13.1 Å². The molecule has 0 unspecified atom stereocenters. The number of alkyl halides is 3. The number of hydrogen-bond acceptors (Lipinski definition) is 2. The lowest BCUT2D eigenvalue weighted by atomic mass is 10.2. The maximum absolute atomic E-state index is 12.2. The fraction of sp³-hybridized carbons (Fsp3) is 0.429. The Morgan fingerprint density at radius 1 is 1.16 bits per heavy atom. The average molecular weight is 271 g/mol. The van der Waals surface area contributed by atoms with E-state index >= 15 is 0 Å². The predicted octanol–water partition coefficient (Wildman–Crippen LogP) is 3.28. The van der Waals surface area contributed by atoms with Crippen molar-refractivity contribution in [1.29, 1.82) is 0 Å². The first-order valence-corrected chi connectivity index (χ1v) is 6.02. The van der Waals surface area contributed by atoms with Gasteiger partial charge in [-0.15, -0.1) is 13.2 Å². The monoisotopic (exact) mass is 271 g/mol. The molecular formula is C14H16F3NO. The molecule has 0 saturated carbocycles. The van der Waals surface area contributed by atoms with Crippen LogP contribution in [0.3, 0.4) is 0 Å². The Kier molecular flexibility index (Phi) is 5.71. The van der Waals surface area contributed by atoms with Crippen molar-refractivity contribution in [1.82, 2.24) is 4.90 Å². The largest absolute Gasteiger partial charge is 0.573 e. The molecule has 0 radical (unpaired) electrons. The summed E-state index contributed by atoms with van der Waals surface area (Å²) in [4.78, 5) is 2.07. The zero-order valence-electron chi connectivity index (χ0n) is 10.9. The summed E-state index contributed by atoms with van der Waals surface area (Å²) in [6.45, 7) is 6.24. The summed E-state index contributed by atoms with van der Waals surface area (Å²) < 4.78 is 40.5. The average Bonchev–Trinajstić information content (AvgIpc) is 2.35. The van der Waals surface area contributed by atoms with Gasteiger partial charge in [0.1, 0.15) is 5.75 Å². The van der Waals surface area contributed by atoms with E-state index in [1.54, 1.807) is 6.07 Å². The summed E-state index contributed by atoms with van der Waals surface area (Å²) in [6.07, 6.45) is -4.70. The van der Waals surface area contributed by atoms with Crippen LogP contribution in [0.15, 0.2) is 24.3 Å². The van der Waals surface area contributed by atoms with Gasteiger partial charge in [0, 0.05) is 0 Å². The van der Waals surface area contributed by atoms with Crippen LogP contribution in [-0.4, -0.2) is 30.9 Å². The second kappa shape index (κ2) is 7.05. The highest BCUT2D eigenvalue weighted by atomic mass is 19.4. The van der Waals surface area contributed by atoms with Crippen LogP contribution < -0.4 is 4.74 Å². The van der Waals surface area contributed by atoms with Crippen molar-refractivity contribution in [3.8, 4) is 17.6 Å². The van der Waals surface area contributed by atoms with E-state index in [4.69, 9.17) is 0 Å². The van der Waals surface area contributed by atoms with Crippen molar-refractivity contribution >= 4 is 0 Å². The molecule has 0 aromatic heterocycles. The Labute approximate surface area is 111 Å². The van der Waals surface area contributed by atoms with Crippen molar-refractivity contribution in [2.75, 3.05) is 19.6 Å². The molecule has 1 rings (SSSR count). The Morgan fingerprint density at radius 2 is 1.79 bits per heavy atom. The number of ether oxygens (including phenoxy) is 1. The second-order valence-electron chi connectivity index (χ2n) is 3.81. The maximum atomic E-state index is 12.2. The molecule has 0 aliphatic rings. The third-order valence-corrected chi connectivity index (χ3v) is 2.53. The van der Waals surface area contributed by atoms with Crippen LogP contribution in [0.1, 0.15) is 19.4 Å². The van der Waals surface area contributed by atoms with Crippen LogP contribution in [0.25, 0.3) is 0 Å².